The molecule has 5 nitrogen and oxygen atoms in total. The highest BCUT2D eigenvalue weighted by Crippen LogP contribution is 2.22. The van der Waals surface area contributed by atoms with Gasteiger partial charge in [0.05, 0.1) is 12.9 Å². The molecule has 206 valence electrons. The molecule has 3 aromatic carbocycles. The third-order valence-corrected chi connectivity index (χ3v) is 8.34. The van der Waals surface area contributed by atoms with Gasteiger partial charge in [0.2, 0.25) is 11.8 Å². The third kappa shape index (κ3) is 9.04. The number of methoxy groups -OCH3 is 1. The van der Waals surface area contributed by atoms with Gasteiger partial charge in [0.15, 0.2) is 0 Å². The Morgan fingerprint density at radius 3 is 2.36 bits per heavy atom. The number of ether oxygens (including phenoxy) is 1. The Bertz CT molecular complexity index is 1200. The van der Waals surface area contributed by atoms with Crippen LogP contribution in [-0.2, 0) is 28.3 Å². The van der Waals surface area contributed by atoms with Crippen LogP contribution in [0.4, 0.5) is 0 Å². The van der Waals surface area contributed by atoms with Gasteiger partial charge in [0, 0.05) is 29.8 Å². The minimum Gasteiger partial charge on any atom is -0.497 e. The summed E-state index contributed by atoms with van der Waals surface area (Å²) in [6, 6.07) is 24.9. The molecule has 4 rings (SSSR count). The van der Waals surface area contributed by atoms with Crippen molar-refractivity contribution in [2.45, 2.75) is 62.9 Å². The molecule has 3 aromatic rings. The van der Waals surface area contributed by atoms with E-state index >= 15 is 0 Å². The lowest BCUT2D eigenvalue weighted by molar-refractivity contribution is -0.139. The van der Waals surface area contributed by atoms with E-state index in [2.05, 4.69) is 5.32 Å². The van der Waals surface area contributed by atoms with Crippen LogP contribution in [0.3, 0.4) is 0 Å². The lowest BCUT2D eigenvalue weighted by Crippen LogP contribution is -2.53. The summed E-state index contributed by atoms with van der Waals surface area (Å²) in [4.78, 5) is 29.4. The molecule has 1 saturated carbocycles. The minimum atomic E-state index is -0.623. The average molecular weight is 565 g/mol. The van der Waals surface area contributed by atoms with E-state index in [1.54, 1.807) is 23.8 Å². The zero-order valence-corrected chi connectivity index (χ0v) is 24.1. The van der Waals surface area contributed by atoms with Crippen molar-refractivity contribution in [3.05, 3.63) is 101 Å². The molecule has 0 heterocycles. The summed E-state index contributed by atoms with van der Waals surface area (Å²) in [6.45, 7) is 0.318. The van der Waals surface area contributed by atoms with Gasteiger partial charge in [-0.2, -0.15) is 0 Å². The molecule has 0 spiro atoms. The fraction of sp³-hybridized carbons (Fsp3) is 0.375. The lowest BCUT2D eigenvalue weighted by atomic mass is 9.94. The maximum Gasteiger partial charge on any atom is 0.243 e. The van der Waals surface area contributed by atoms with Crippen LogP contribution in [0.1, 0.15) is 48.8 Å². The summed E-state index contributed by atoms with van der Waals surface area (Å²) in [6.07, 6.45) is 5.90. The van der Waals surface area contributed by atoms with E-state index in [1.807, 2.05) is 78.9 Å². The van der Waals surface area contributed by atoms with E-state index < -0.39 is 6.04 Å². The molecular weight excluding hydrogens is 528 g/mol. The molecule has 0 bridgehead atoms. The zero-order valence-electron chi connectivity index (χ0n) is 22.5. The molecule has 0 radical (unpaired) electrons. The third-order valence-electron chi connectivity index (χ3n) is 7.12. The Balaban J connectivity index is 1.55. The highest BCUT2D eigenvalue weighted by Gasteiger charge is 2.31. The summed E-state index contributed by atoms with van der Waals surface area (Å²) < 4.78 is 5.25. The van der Waals surface area contributed by atoms with Crippen molar-refractivity contribution in [2.75, 3.05) is 12.9 Å². The van der Waals surface area contributed by atoms with Gasteiger partial charge in [0.1, 0.15) is 11.8 Å². The lowest BCUT2D eigenvalue weighted by Gasteiger charge is -2.33. The molecule has 1 unspecified atom stereocenters. The number of carbonyl (C=O) groups is 2. The number of carbonyl (C=O) groups excluding carboxylic acids is 2. The molecule has 1 atom stereocenters. The van der Waals surface area contributed by atoms with E-state index in [-0.39, 0.29) is 23.6 Å². The molecule has 0 saturated heterocycles. The van der Waals surface area contributed by atoms with E-state index in [1.165, 1.54) is 6.42 Å². The largest absolute Gasteiger partial charge is 0.497 e. The van der Waals surface area contributed by atoms with Gasteiger partial charge < -0.3 is 15.0 Å². The van der Waals surface area contributed by atoms with E-state index in [4.69, 9.17) is 16.3 Å². The molecule has 2 amide bonds. The van der Waals surface area contributed by atoms with E-state index in [9.17, 15) is 9.59 Å². The first-order chi connectivity index (χ1) is 19.0. The first-order valence-corrected chi connectivity index (χ1v) is 15.1. The van der Waals surface area contributed by atoms with Crippen molar-refractivity contribution < 1.29 is 14.3 Å². The Morgan fingerprint density at radius 2 is 1.67 bits per heavy atom. The Morgan fingerprint density at radius 1 is 0.949 bits per heavy atom. The molecule has 1 fully saturated rings. The summed E-state index contributed by atoms with van der Waals surface area (Å²) in [7, 11) is 1.65. The Labute approximate surface area is 241 Å². The maximum absolute atomic E-state index is 13.8. The first kappa shape index (κ1) is 29.0. The summed E-state index contributed by atoms with van der Waals surface area (Å²) in [5.41, 5.74) is 3.04. The van der Waals surface area contributed by atoms with Crippen LogP contribution in [0.25, 0.3) is 0 Å². The van der Waals surface area contributed by atoms with Gasteiger partial charge >= 0.3 is 0 Å². The average Bonchev–Trinajstić information content (AvgIpc) is 2.96. The van der Waals surface area contributed by atoms with Crippen LogP contribution in [0, 0.1) is 0 Å². The molecular formula is C32H37ClN2O3S. The SMILES string of the molecule is COc1ccc(CSCC(=O)N(Cc2cccc(Cl)c2)C(Cc2ccccc2)C(=O)NC2CCCCC2)cc1. The van der Waals surface area contributed by atoms with Gasteiger partial charge in [-0.3, -0.25) is 9.59 Å². The Hall–Kier alpha value is -2.96. The predicted molar refractivity (Wildman–Crippen MR) is 160 cm³/mol. The van der Waals surface area contributed by atoms with Crippen LogP contribution in [0.2, 0.25) is 5.02 Å². The number of hydrogen-bond acceptors (Lipinski definition) is 4. The zero-order chi connectivity index (χ0) is 27.5. The number of halogens is 1. The van der Waals surface area contributed by atoms with Gasteiger partial charge in [-0.15, -0.1) is 11.8 Å². The van der Waals surface area contributed by atoms with Crippen LogP contribution >= 0.6 is 23.4 Å². The fourth-order valence-electron chi connectivity index (χ4n) is 4.99. The standard InChI is InChI=1S/C32H37ClN2O3S/c1-38-29-17-15-25(16-18-29)22-39-23-31(36)35(21-26-11-8-12-27(33)19-26)30(20-24-9-4-2-5-10-24)32(37)34-28-13-6-3-7-14-28/h2,4-5,8-12,15-19,28,30H,3,6-7,13-14,20-23H2,1H3,(H,34,37). The van der Waals surface area contributed by atoms with Crippen LogP contribution < -0.4 is 10.1 Å². The monoisotopic (exact) mass is 564 g/mol. The molecule has 7 heteroatoms. The minimum absolute atomic E-state index is 0.0618. The molecule has 1 aliphatic carbocycles. The van der Waals surface area contributed by atoms with Crippen LogP contribution in [0.5, 0.6) is 5.75 Å². The van der Waals surface area contributed by atoms with E-state index in [0.717, 1.165) is 48.1 Å². The van der Waals surface area contributed by atoms with Crippen LogP contribution in [0.15, 0.2) is 78.9 Å². The van der Waals surface area contributed by atoms with Crippen molar-refractivity contribution >= 4 is 35.2 Å². The fourth-order valence-corrected chi connectivity index (χ4v) is 6.07. The number of nitrogens with one attached hydrogen (secondary N) is 1. The van der Waals surface area contributed by atoms with Gasteiger partial charge in [-0.1, -0.05) is 85.5 Å². The van der Waals surface area contributed by atoms with Crippen molar-refractivity contribution in [2.24, 2.45) is 0 Å². The highest BCUT2D eigenvalue weighted by atomic mass is 35.5. The number of nitrogens with zero attached hydrogens (tertiary/aromatic N) is 1. The summed E-state index contributed by atoms with van der Waals surface area (Å²) in [5, 5.41) is 3.90. The number of benzene rings is 3. The Kier molecular flexibility index (Phi) is 11.2. The number of hydrogen-bond donors (Lipinski definition) is 1. The van der Waals surface area contributed by atoms with Gasteiger partial charge in [-0.25, -0.2) is 0 Å². The van der Waals surface area contributed by atoms with Crippen molar-refractivity contribution in [3.63, 3.8) is 0 Å². The quantitative estimate of drug-likeness (QED) is 0.267. The van der Waals surface area contributed by atoms with Crippen molar-refractivity contribution in [3.8, 4) is 5.75 Å². The second-order valence-electron chi connectivity index (χ2n) is 10.0. The number of amides is 2. The van der Waals surface area contributed by atoms with Crippen molar-refractivity contribution in [1.82, 2.24) is 10.2 Å². The number of rotatable bonds is 12. The molecule has 0 aliphatic heterocycles. The van der Waals surface area contributed by atoms with Gasteiger partial charge in [0.25, 0.3) is 0 Å². The first-order valence-electron chi connectivity index (χ1n) is 13.6. The second kappa shape index (κ2) is 15.0. The van der Waals surface area contributed by atoms with Crippen LogP contribution in [-0.4, -0.2) is 41.7 Å². The maximum atomic E-state index is 13.8. The normalized spacial score (nSPS) is 14.4. The van der Waals surface area contributed by atoms with E-state index in [0.29, 0.717) is 23.7 Å². The van der Waals surface area contributed by atoms with Crippen molar-refractivity contribution in [1.29, 1.82) is 0 Å². The smallest absolute Gasteiger partial charge is 0.243 e. The summed E-state index contributed by atoms with van der Waals surface area (Å²) in [5.74, 6) is 1.63. The molecule has 1 aliphatic rings. The second-order valence-corrected chi connectivity index (χ2v) is 11.5. The summed E-state index contributed by atoms with van der Waals surface area (Å²) >= 11 is 7.84. The molecule has 1 N–H and O–H groups in total. The topological polar surface area (TPSA) is 58.6 Å². The predicted octanol–water partition coefficient (Wildman–Crippen LogP) is 6.67. The number of thioether (sulfide) groups is 1. The highest BCUT2D eigenvalue weighted by molar-refractivity contribution is 7.99. The molecule has 39 heavy (non-hydrogen) atoms. The molecule has 0 aromatic heterocycles. The van der Waals surface area contributed by atoms with Gasteiger partial charge in [-0.05, 0) is 53.8 Å².